The summed E-state index contributed by atoms with van der Waals surface area (Å²) in [5, 5.41) is 20.2. The fourth-order valence-corrected chi connectivity index (χ4v) is 11.5. The van der Waals surface area contributed by atoms with Gasteiger partial charge in [-0.1, -0.05) is 20.1 Å². The van der Waals surface area contributed by atoms with Gasteiger partial charge in [-0.2, -0.15) is 0 Å². The number of methoxy groups -OCH3 is 1. The number of ketones is 1. The first-order chi connectivity index (χ1) is 25.6. The predicted molar refractivity (Wildman–Crippen MR) is 189 cm³/mol. The van der Waals surface area contributed by atoms with Crippen molar-refractivity contribution < 1.29 is 57.6 Å². The van der Waals surface area contributed by atoms with Crippen LogP contribution in [-0.2, 0) is 47.4 Å². The van der Waals surface area contributed by atoms with Crippen LogP contribution in [0.4, 0.5) is 0 Å². The van der Waals surface area contributed by atoms with Gasteiger partial charge in [0.15, 0.2) is 5.79 Å². The average Bonchev–Trinajstić information content (AvgIpc) is 3.80. The molecule has 0 aromatic heterocycles. The highest BCUT2D eigenvalue weighted by atomic mass is 16.8. The van der Waals surface area contributed by atoms with Crippen LogP contribution in [0.25, 0.3) is 0 Å². The number of ether oxygens (including phenoxy) is 9. The largest absolute Gasteiger partial charge is 0.396 e. The molecule has 0 radical (unpaired) electrons. The maximum Gasteiger partial charge on any atom is 0.172 e. The van der Waals surface area contributed by atoms with Crippen LogP contribution in [0.2, 0.25) is 0 Å². The van der Waals surface area contributed by atoms with Gasteiger partial charge in [-0.25, -0.2) is 0 Å². The summed E-state index contributed by atoms with van der Waals surface area (Å²) >= 11 is 0. The summed E-state index contributed by atoms with van der Waals surface area (Å²) in [5.74, 6) is -0.672. The first-order valence-electron chi connectivity index (χ1n) is 20.6. The predicted octanol–water partition coefficient (Wildman–Crippen LogP) is 3.86. The lowest BCUT2D eigenvalue weighted by Gasteiger charge is -2.47. The lowest BCUT2D eigenvalue weighted by molar-refractivity contribution is -0.292. The Morgan fingerprint density at radius 2 is 1.55 bits per heavy atom. The fourth-order valence-electron chi connectivity index (χ4n) is 11.5. The number of carbonyl (C=O) groups excluding carboxylic acids is 1. The third kappa shape index (κ3) is 7.04. The standard InChI is InChI=1S/C41H60O12/c1-20-13-25-5-7-29-21(2)14-27(46-29)9-11-41-19-34-37(52-41)38-39(51-34)40(53-41)36-30(50-38)8-6-26(48-36)15-24(44)16-28-32(18-31(47-25)22(20)3)49-33(35(28)45-4)17-23(43)10-12-42/h20,23,25-40,42-43H,2-3,5-19H2,1,4H3/t20-,23+,25+,26?,27+,28+,29?,30+,31?,32+,33?,34+,35-,36+,37+,38+,39-,40+,41+/m1/s1. The Kier molecular flexibility index (Phi) is 10.5. The monoisotopic (exact) mass is 744 g/mol. The molecule has 12 nitrogen and oxygen atoms in total. The van der Waals surface area contributed by atoms with Gasteiger partial charge < -0.3 is 52.8 Å². The van der Waals surface area contributed by atoms with Crippen molar-refractivity contribution in [2.75, 3.05) is 13.7 Å². The molecule has 4 unspecified atom stereocenters. The molecule has 296 valence electrons. The molecule has 0 amide bonds. The first-order valence-corrected chi connectivity index (χ1v) is 20.6. The lowest BCUT2D eigenvalue weighted by Crippen LogP contribution is -2.61. The van der Waals surface area contributed by atoms with E-state index < -0.39 is 24.1 Å². The molecule has 0 aromatic rings. The van der Waals surface area contributed by atoms with Crippen molar-refractivity contribution in [3.63, 3.8) is 0 Å². The second-order valence-corrected chi connectivity index (χ2v) is 17.7. The number of hydrogen-bond acceptors (Lipinski definition) is 12. The molecule has 0 aliphatic carbocycles. The van der Waals surface area contributed by atoms with E-state index in [2.05, 4.69) is 20.1 Å². The van der Waals surface area contributed by atoms with Gasteiger partial charge in [0, 0.05) is 58.2 Å². The molecule has 10 saturated heterocycles. The number of fused-ring (bicyclic) bond motifs is 6. The number of hydrogen-bond donors (Lipinski definition) is 2. The van der Waals surface area contributed by atoms with Gasteiger partial charge in [0.1, 0.15) is 36.3 Å². The van der Waals surface area contributed by atoms with E-state index in [-0.39, 0.29) is 123 Å². The van der Waals surface area contributed by atoms with Gasteiger partial charge in [-0.05, 0) is 68.4 Å². The van der Waals surface area contributed by atoms with Crippen LogP contribution in [0, 0.1) is 11.8 Å². The molecule has 10 aliphatic heterocycles. The van der Waals surface area contributed by atoms with Crippen LogP contribution >= 0.6 is 0 Å². The quantitative estimate of drug-likeness (QED) is 0.395. The molecule has 53 heavy (non-hydrogen) atoms. The van der Waals surface area contributed by atoms with Crippen LogP contribution in [0.1, 0.15) is 96.8 Å². The zero-order chi connectivity index (χ0) is 36.6. The number of carbonyl (C=O) groups is 1. The van der Waals surface area contributed by atoms with Gasteiger partial charge >= 0.3 is 0 Å². The Morgan fingerprint density at radius 3 is 2.38 bits per heavy atom. The Labute approximate surface area is 313 Å². The summed E-state index contributed by atoms with van der Waals surface area (Å²) in [4.78, 5) is 14.1. The Hall–Kier alpha value is -1.29. The number of rotatable bonds is 5. The van der Waals surface area contributed by atoms with Crippen LogP contribution in [-0.4, -0.2) is 133 Å². The van der Waals surface area contributed by atoms with Crippen LogP contribution in [0.15, 0.2) is 24.3 Å². The zero-order valence-electron chi connectivity index (χ0n) is 31.4. The van der Waals surface area contributed by atoms with E-state index in [4.69, 9.17) is 42.6 Å². The van der Waals surface area contributed by atoms with Gasteiger partial charge in [-0.3, -0.25) is 4.79 Å². The van der Waals surface area contributed by atoms with Crippen molar-refractivity contribution in [1.29, 1.82) is 0 Å². The molecule has 10 fully saturated rings. The maximum absolute atomic E-state index is 14.1. The van der Waals surface area contributed by atoms with Crippen molar-refractivity contribution in [3.8, 4) is 0 Å². The third-order valence-electron chi connectivity index (χ3n) is 14.2. The fraction of sp³-hybridized carbons (Fsp3) is 0.878. The topological polar surface area (TPSA) is 141 Å². The minimum Gasteiger partial charge on any atom is -0.396 e. The molecular weight excluding hydrogens is 684 g/mol. The average molecular weight is 745 g/mol. The van der Waals surface area contributed by atoms with Crippen LogP contribution in [0.5, 0.6) is 0 Å². The summed E-state index contributed by atoms with van der Waals surface area (Å²) in [6.45, 7) is 11.0. The van der Waals surface area contributed by atoms with Crippen LogP contribution < -0.4 is 0 Å². The van der Waals surface area contributed by atoms with Crippen molar-refractivity contribution in [3.05, 3.63) is 24.3 Å². The van der Waals surface area contributed by atoms with E-state index in [0.717, 1.165) is 49.7 Å². The molecule has 10 aliphatic rings. The van der Waals surface area contributed by atoms with Gasteiger partial charge in [0.25, 0.3) is 0 Å². The second-order valence-electron chi connectivity index (χ2n) is 17.7. The zero-order valence-corrected chi connectivity index (χ0v) is 31.4. The van der Waals surface area contributed by atoms with E-state index in [0.29, 0.717) is 32.1 Å². The summed E-state index contributed by atoms with van der Waals surface area (Å²) in [6, 6.07) is 0. The first kappa shape index (κ1) is 37.3. The van der Waals surface area contributed by atoms with Crippen molar-refractivity contribution in [2.24, 2.45) is 11.8 Å². The Morgan fingerprint density at radius 1 is 0.792 bits per heavy atom. The molecule has 19 atom stereocenters. The highest BCUT2D eigenvalue weighted by Crippen LogP contribution is 2.54. The van der Waals surface area contributed by atoms with Crippen molar-refractivity contribution in [1.82, 2.24) is 0 Å². The molecular formula is C41H60O12. The highest BCUT2D eigenvalue weighted by Gasteiger charge is 2.68. The van der Waals surface area contributed by atoms with E-state index in [1.54, 1.807) is 7.11 Å². The summed E-state index contributed by atoms with van der Waals surface area (Å²) < 4.78 is 60.0. The highest BCUT2D eigenvalue weighted by molar-refractivity contribution is 5.79. The minimum absolute atomic E-state index is 0.0237. The smallest absolute Gasteiger partial charge is 0.172 e. The van der Waals surface area contributed by atoms with Gasteiger partial charge in [0.05, 0.1) is 67.1 Å². The van der Waals surface area contributed by atoms with E-state index in [1.807, 2.05) is 0 Å². The molecule has 2 N–H and O–H groups in total. The molecule has 0 saturated carbocycles. The maximum atomic E-state index is 14.1. The van der Waals surface area contributed by atoms with Crippen molar-refractivity contribution >= 4 is 5.78 Å². The van der Waals surface area contributed by atoms with Gasteiger partial charge in [0.2, 0.25) is 0 Å². The normalized spacial score (nSPS) is 51.6. The molecule has 1 spiro atoms. The minimum atomic E-state index is -0.787. The summed E-state index contributed by atoms with van der Waals surface area (Å²) in [7, 11) is 1.65. The Balaban J connectivity index is 0.990. The SMILES string of the molecule is C=C1C[C@@H]2CC[C@@]34C[C@@H]5O[C@@H]6[C@@H](O[C@H]7CCC(CC(=O)C[C@H]8[C@H](CC9O[C@@H](CCC1O2)C[C@@H](C)C9=C)OC(C[C@@H](O)CCO)[C@@H]8OC)O[C@@H]7[C@@H]6O3)[C@H]5O4. The lowest BCUT2D eigenvalue weighted by atomic mass is 9.81. The number of aliphatic hydroxyl groups is 2. The molecule has 12 bridgehead atoms. The van der Waals surface area contributed by atoms with E-state index in [9.17, 15) is 15.0 Å². The van der Waals surface area contributed by atoms with E-state index >= 15 is 0 Å². The molecule has 10 heterocycles. The third-order valence-corrected chi connectivity index (χ3v) is 14.2. The van der Waals surface area contributed by atoms with Crippen molar-refractivity contribution in [2.45, 2.75) is 200 Å². The van der Waals surface area contributed by atoms with E-state index in [1.165, 1.54) is 0 Å². The Bertz CT molecular complexity index is 1390. The van der Waals surface area contributed by atoms with Gasteiger partial charge in [-0.15, -0.1) is 0 Å². The number of Topliss-reactive ketones (excluding diaryl/α,β-unsaturated/α-hetero) is 1. The summed E-state index contributed by atoms with van der Waals surface area (Å²) in [5.41, 5.74) is 2.18. The molecule has 0 aromatic carbocycles. The summed E-state index contributed by atoms with van der Waals surface area (Å²) in [6.07, 6.45) is 4.77. The van der Waals surface area contributed by atoms with Crippen LogP contribution in [0.3, 0.4) is 0 Å². The molecule has 12 heteroatoms. The molecule has 10 rings (SSSR count). The number of aliphatic hydroxyl groups excluding tert-OH is 2. The second kappa shape index (κ2) is 14.9.